The number of nitrogens with zero attached hydrogens (tertiary/aromatic N) is 3. The Morgan fingerprint density at radius 2 is 2.05 bits per heavy atom. The first-order chi connectivity index (χ1) is 10.4. The number of hydrogen-bond acceptors (Lipinski definition) is 4. The van der Waals surface area contributed by atoms with E-state index in [0.717, 1.165) is 44.8 Å². The molecule has 1 aromatic rings. The maximum absolute atomic E-state index is 12.3. The molecule has 1 aromatic heterocycles. The largest absolute Gasteiger partial charge is 0.352 e. The van der Waals surface area contributed by atoms with Gasteiger partial charge in [0.1, 0.15) is 0 Å². The number of nitrogens with one attached hydrogen (secondary N) is 2. The summed E-state index contributed by atoms with van der Waals surface area (Å²) in [6.07, 6.45) is 2.66. The maximum Gasteiger partial charge on any atom is 0.254 e. The van der Waals surface area contributed by atoms with Crippen LogP contribution >= 0.6 is 0 Å². The van der Waals surface area contributed by atoms with E-state index >= 15 is 0 Å². The van der Waals surface area contributed by atoms with Gasteiger partial charge in [-0.05, 0) is 40.7 Å². The van der Waals surface area contributed by atoms with E-state index < -0.39 is 0 Å². The molecule has 1 aliphatic heterocycles. The summed E-state index contributed by atoms with van der Waals surface area (Å²) in [5.74, 6) is -0.0201. The van der Waals surface area contributed by atoms with Gasteiger partial charge in [0.05, 0.1) is 17.3 Å². The quantitative estimate of drug-likeness (QED) is 0.796. The van der Waals surface area contributed by atoms with Crippen LogP contribution in [0.15, 0.2) is 6.20 Å². The van der Waals surface area contributed by atoms with Crippen molar-refractivity contribution in [3.8, 4) is 0 Å². The van der Waals surface area contributed by atoms with Crippen LogP contribution < -0.4 is 10.6 Å². The molecule has 22 heavy (non-hydrogen) atoms. The molecule has 0 bridgehead atoms. The van der Waals surface area contributed by atoms with Crippen molar-refractivity contribution in [2.24, 2.45) is 0 Å². The lowest BCUT2D eigenvalue weighted by Gasteiger charge is -2.27. The molecule has 2 heterocycles. The number of amides is 1. The zero-order chi connectivity index (χ0) is 16.2. The van der Waals surface area contributed by atoms with Crippen molar-refractivity contribution in [3.05, 3.63) is 17.5 Å². The predicted octanol–water partition coefficient (Wildman–Crippen LogP) is 0.972. The number of aromatic nitrogens is 2. The molecule has 0 atom stereocenters. The van der Waals surface area contributed by atoms with Crippen LogP contribution in [0.1, 0.15) is 43.2 Å². The summed E-state index contributed by atoms with van der Waals surface area (Å²) in [5.41, 5.74) is 1.49. The van der Waals surface area contributed by atoms with Crippen LogP contribution in [0, 0.1) is 6.92 Å². The highest BCUT2D eigenvalue weighted by molar-refractivity contribution is 5.95. The summed E-state index contributed by atoms with van der Waals surface area (Å²) in [4.78, 5) is 14.7. The van der Waals surface area contributed by atoms with Crippen LogP contribution in [0.25, 0.3) is 0 Å². The van der Waals surface area contributed by atoms with Crippen LogP contribution in [0.5, 0.6) is 0 Å². The van der Waals surface area contributed by atoms with Gasteiger partial charge in [0.2, 0.25) is 0 Å². The lowest BCUT2D eigenvalue weighted by atomic mass is 10.1. The van der Waals surface area contributed by atoms with Gasteiger partial charge in [-0.1, -0.05) is 0 Å². The van der Waals surface area contributed by atoms with Gasteiger partial charge in [-0.3, -0.25) is 9.48 Å². The predicted molar refractivity (Wildman–Crippen MR) is 88.2 cm³/mol. The summed E-state index contributed by atoms with van der Waals surface area (Å²) in [5, 5.41) is 10.7. The fourth-order valence-electron chi connectivity index (χ4n) is 2.84. The molecule has 124 valence electrons. The minimum Gasteiger partial charge on any atom is -0.352 e. The topological polar surface area (TPSA) is 62.2 Å². The number of carbonyl (C=O) groups is 1. The zero-order valence-corrected chi connectivity index (χ0v) is 14.3. The Morgan fingerprint density at radius 3 is 2.64 bits per heavy atom. The van der Waals surface area contributed by atoms with E-state index in [4.69, 9.17) is 0 Å². The number of carbonyl (C=O) groups excluding carboxylic acids is 1. The molecule has 0 unspecified atom stereocenters. The second-order valence-electron chi connectivity index (χ2n) is 6.93. The summed E-state index contributed by atoms with van der Waals surface area (Å²) < 4.78 is 1.91. The molecular formula is C16H29N5O. The summed E-state index contributed by atoms with van der Waals surface area (Å²) >= 11 is 0. The minimum absolute atomic E-state index is 0.0201. The standard InChI is InChI=1S/C16H29N5O/c1-13-14(12-19-21(13)16(2,3)4)15(22)18-6-5-9-20-10-7-17-8-11-20/h12,17H,5-11H2,1-4H3,(H,18,22). The third kappa shape index (κ3) is 4.30. The van der Waals surface area contributed by atoms with Crippen LogP contribution in [-0.4, -0.2) is 59.9 Å². The van der Waals surface area contributed by atoms with Crippen molar-refractivity contribution < 1.29 is 4.79 Å². The molecule has 0 saturated carbocycles. The van der Waals surface area contributed by atoms with Crippen molar-refractivity contribution >= 4 is 5.91 Å². The molecule has 6 heteroatoms. The van der Waals surface area contributed by atoms with Gasteiger partial charge in [-0.2, -0.15) is 5.10 Å². The molecule has 0 radical (unpaired) electrons. The Hall–Kier alpha value is -1.40. The Kier molecular flexibility index (Phi) is 5.58. The van der Waals surface area contributed by atoms with Gasteiger partial charge in [0, 0.05) is 38.4 Å². The van der Waals surface area contributed by atoms with Gasteiger partial charge >= 0.3 is 0 Å². The van der Waals surface area contributed by atoms with E-state index in [2.05, 4.69) is 41.4 Å². The highest BCUT2D eigenvalue weighted by Crippen LogP contribution is 2.18. The highest BCUT2D eigenvalue weighted by atomic mass is 16.1. The van der Waals surface area contributed by atoms with Crippen molar-refractivity contribution in [1.29, 1.82) is 0 Å². The maximum atomic E-state index is 12.3. The van der Waals surface area contributed by atoms with E-state index in [1.54, 1.807) is 6.20 Å². The van der Waals surface area contributed by atoms with E-state index in [-0.39, 0.29) is 11.4 Å². The van der Waals surface area contributed by atoms with Crippen molar-refractivity contribution in [1.82, 2.24) is 25.3 Å². The van der Waals surface area contributed by atoms with Gasteiger partial charge in [-0.15, -0.1) is 0 Å². The summed E-state index contributed by atoms with van der Waals surface area (Å²) in [6, 6.07) is 0. The summed E-state index contributed by atoms with van der Waals surface area (Å²) in [6.45, 7) is 14.3. The molecule has 1 aliphatic rings. The van der Waals surface area contributed by atoms with Crippen LogP contribution in [0.2, 0.25) is 0 Å². The van der Waals surface area contributed by atoms with E-state index in [9.17, 15) is 4.79 Å². The second kappa shape index (κ2) is 7.24. The first-order valence-corrected chi connectivity index (χ1v) is 8.16. The Balaban J connectivity index is 1.79. The van der Waals surface area contributed by atoms with Gasteiger partial charge in [0.25, 0.3) is 5.91 Å². The van der Waals surface area contributed by atoms with E-state index in [0.29, 0.717) is 12.1 Å². The van der Waals surface area contributed by atoms with E-state index in [1.165, 1.54) is 0 Å². The minimum atomic E-state index is -0.106. The first-order valence-electron chi connectivity index (χ1n) is 8.16. The smallest absolute Gasteiger partial charge is 0.254 e. The highest BCUT2D eigenvalue weighted by Gasteiger charge is 2.21. The first kappa shape index (κ1) is 17.0. The van der Waals surface area contributed by atoms with Gasteiger partial charge < -0.3 is 15.5 Å². The molecule has 0 aromatic carbocycles. The Morgan fingerprint density at radius 1 is 1.36 bits per heavy atom. The normalized spacial score (nSPS) is 16.7. The van der Waals surface area contributed by atoms with Crippen molar-refractivity contribution in [3.63, 3.8) is 0 Å². The third-order valence-corrected chi connectivity index (χ3v) is 4.04. The third-order valence-electron chi connectivity index (χ3n) is 4.04. The molecule has 0 spiro atoms. The average molecular weight is 307 g/mol. The fraction of sp³-hybridized carbons (Fsp3) is 0.750. The van der Waals surface area contributed by atoms with Crippen LogP contribution in [-0.2, 0) is 5.54 Å². The average Bonchev–Trinajstić information content (AvgIpc) is 2.86. The lowest BCUT2D eigenvalue weighted by molar-refractivity contribution is 0.0950. The number of hydrogen-bond donors (Lipinski definition) is 2. The number of piperazine rings is 1. The molecule has 0 aliphatic carbocycles. The molecule has 2 rings (SSSR count). The zero-order valence-electron chi connectivity index (χ0n) is 14.3. The molecule has 2 N–H and O–H groups in total. The molecule has 6 nitrogen and oxygen atoms in total. The Labute approximate surface area is 133 Å². The van der Waals surface area contributed by atoms with Gasteiger partial charge in [0.15, 0.2) is 0 Å². The Bertz CT molecular complexity index is 497. The number of rotatable bonds is 5. The van der Waals surface area contributed by atoms with Crippen molar-refractivity contribution in [2.75, 3.05) is 39.3 Å². The van der Waals surface area contributed by atoms with Crippen LogP contribution in [0.4, 0.5) is 0 Å². The summed E-state index contributed by atoms with van der Waals surface area (Å²) in [7, 11) is 0. The van der Waals surface area contributed by atoms with E-state index in [1.807, 2.05) is 11.6 Å². The van der Waals surface area contributed by atoms with Crippen molar-refractivity contribution in [2.45, 2.75) is 39.7 Å². The lowest BCUT2D eigenvalue weighted by Crippen LogP contribution is -2.44. The monoisotopic (exact) mass is 307 g/mol. The fourth-order valence-corrected chi connectivity index (χ4v) is 2.84. The second-order valence-corrected chi connectivity index (χ2v) is 6.93. The molecule has 1 amide bonds. The molecule has 1 saturated heterocycles. The SMILES string of the molecule is Cc1c(C(=O)NCCCN2CCNCC2)cnn1C(C)(C)C. The van der Waals surface area contributed by atoms with Gasteiger partial charge in [-0.25, -0.2) is 0 Å². The molecular weight excluding hydrogens is 278 g/mol. The van der Waals surface area contributed by atoms with Crippen LogP contribution in [0.3, 0.4) is 0 Å². The molecule has 1 fully saturated rings.